The third kappa shape index (κ3) is 4.09. The summed E-state index contributed by atoms with van der Waals surface area (Å²) in [5.74, 6) is 0.766. The SMILES string of the molecule is Cc1ccc(C(=O)Oc2ccc3c(c2)OCO3)cc1S(=O)(=O)N1CCCCCC1. The first-order valence-electron chi connectivity index (χ1n) is 9.68. The molecule has 0 unspecified atom stereocenters. The molecule has 0 aliphatic carbocycles. The Balaban J connectivity index is 1.58. The van der Waals surface area contributed by atoms with Crippen molar-refractivity contribution in [2.24, 2.45) is 0 Å². The van der Waals surface area contributed by atoms with Gasteiger partial charge in [0.1, 0.15) is 5.75 Å². The monoisotopic (exact) mass is 417 g/mol. The van der Waals surface area contributed by atoms with Crippen molar-refractivity contribution in [2.75, 3.05) is 19.9 Å². The average molecular weight is 417 g/mol. The van der Waals surface area contributed by atoms with Crippen molar-refractivity contribution in [2.45, 2.75) is 37.5 Å². The Morgan fingerprint density at radius 1 is 0.966 bits per heavy atom. The van der Waals surface area contributed by atoms with E-state index in [9.17, 15) is 13.2 Å². The summed E-state index contributed by atoms with van der Waals surface area (Å²) in [6, 6.07) is 9.46. The zero-order valence-corrected chi connectivity index (χ0v) is 17.0. The van der Waals surface area contributed by atoms with Crippen molar-refractivity contribution in [3.8, 4) is 17.2 Å². The number of rotatable bonds is 4. The number of carbonyl (C=O) groups is 1. The summed E-state index contributed by atoms with van der Waals surface area (Å²) >= 11 is 0. The Hall–Kier alpha value is -2.58. The summed E-state index contributed by atoms with van der Waals surface area (Å²) in [6.45, 7) is 2.88. The number of benzene rings is 2. The number of aryl methyl sites for hydroxylation is 1. The van der Waals surface area contributed by atoms with Gasteiger partial charge < -0.3 is 14.2 Å². The number of nitrogens with zero attached hydrogens (tertiary/aromatic N) is 1. The van der Waals surface area contributed by atoms with Crippen LogP contribution < -0.4 is 14.2 Å². The molecule has 0 spiro atoms. The van der Waals surface area contributed by atoms with Gasteiger partial charge in [-0.3, -0.25) is 0 Å². The number of hydrogen-bond donors (Lipinski definition) is 0. The van der Waals surface area contributed by atoms with Gasteiger partial charge in [0.2, 0.25) is 16.8 Å². The lowest BCUT2D eigenvalue weighted by atomic mass is 10.1. The molecule has 4 rings (SSSR count). The van der Waals surface area contributed by atoms with Gasteiger partial charge in [0.15, 0.2) is 11.5 Å². The van der Waals surface area contributed by atoms with Crippen LogP contribution in [0.2, 0.25) is 0 Å². The van der Waals surface area contributed by atoms with Crippen molar-refractivity contribution in [3.63, 3.8) is 0 Å². The fourth-order valence-electron chi connectivity index (χ4n) is 3.53. The van der Waals surface area contributed by atoms with Crippen LogP contribution in [0.1, 0.15) is 41.6 Å². The highest BCUT2D eigenvalue weighted by molar-refractivity contribution is 7.89. The van der Waals surface area contributed by atoms with E-state index in [0.29, 0.717) is 35.9 Å². The lowest BCUT2D eigenvalue weighted by Gasteiger charge is -2.21. The molecule has 0 radical (unpaired) electrons. The van der Waals surface area contributed by atoms with Crippen LogP contribution in [0.4, 0.5) is 0 Å². The quantitative estimate of drug-likeness (QED) is 0.559. The van der Waals surface area contributed by atoms with E-state index in [-0.39, 0.29) is 17.3 Å². The van der Waals surface area contributed by atoms with E-state index < -0.39 is 16.0 Å². The molecule has 0 bridgehead atoms. The van der Waals surface area contributed by atoms with Crippen LogP contribution in [0.3, 0.4) is 0 Å². The third-order valence-electron chi connectivity index (χ3n) is 5.16. The van der Waals surface area contributed by atoms with E-state index in [0.717, 1.165) is 25.7 Å². The van der Waals surface area contributed by atoms with Crippen LogP contribution in [0.25, 0.3) is 0 Å². The first kappa shape index (κ1) is 19.7. The highest BCUT2D eigenvalue weighted by Crippen LogP contribution is 2.35. The molecule has 154 valence electrons. The number of sulfonamides is 1. The molecule has 8 heteroatoms. The zero-order valence-electron chi connectivity index (χ0n) is 16.2. The van der Waals surface area contributed by atoms with Crippen molar-refractivity contribution in [3.05, 3.63) is 47.5 Å². The van der Waals surface area contributed by atoms with Gasteiger partial charge in [-0.05, 0) is 49.6 Å². The molecule has 2 aromatic carbocycles. The van der Waals surface area contributed by atoms with E-state index in [1.54, 1.807) is 37.3 Å². The minimum Gasteiger partial charge on any atom is -0.454 e. The summed E-state index contributed by atoms with van der Waals surface area (Å²) in [6.07, 6.45) is 3.77. The Morgan fingerprint density at radius 3 is 2.45 bits per heavy atom. The number of hydrogen-bond acceptors (Lipinski definition) is 6. The molecule has 2 aliphatic rings. The molecule has 1 saturated heterocycles. The highest BCUT2D eigenvalue weighted by atomic mass is 32.2. The number of carbonyl (C=O) groups excluding carboxylic acids is 1. The van der Waals surface area contributed by atoms with Gasteiger partial charge in [0.05, 0.1) is 10.5 Å². The second-order valence-electron chi connectivity index (χ2n) is 7.20. The van der Waals surface area contributed by atoms with Crippen LogP contribution in [-0.2, 0) is 10.0 Å². The molecule has 0 saturated carbocycles. The van der Waals surface area contributed by atoms with Gasteiger partial charge >= 0.3 is 5.97 Å². The molecular weight excluding hydrogens is 394 g/mol. The largest absolute Gasteiger partial charge is 0.454 e. The molecule has 7 nitrogen and oxygen atoms in total. The van der Waals surface area contributed by atoms with E-state index >= 15 is 0 Å². The normalized spacial score (nSPS) is 17.0. The fraction of sp³-hybridized carbons (Fsp3) is 0.381. The van der Waals surface area contributed by atoms with E-state index in [2.05, 4.69) is 0 Å². The Kier molecular flexibility index (Phi) is 5.47. The highest BCUT2D eigenvalue weighted by Gasteiger charge is 2.28. The molecule has 2 aliphatic heterocycles. The molecule has 2 heterocycles. The van der Waals surface area contributed by atoms with Gasteiger partial charge in [0.25, 0.3) is 0 Å². The maximum atomic E-state index is 13.2. The number of esters is 1. The van der Waals surface area contributed by atoms with Crippen molar-refractivity contribution in [1.29, 1.82) is 0 Å². The van der Waals surface area contributed by atoms with Gasteiger partial charge in [-0.15, -0.1) is 0 Å². The third-order valence-corrected chi connectivity index (χ3v) is 7.20. The lowest BCUT2D eigenvalue weighted by Crippen LogP contribution is -2.32. The van der Waals surface area contributed by atoms with Gasteiger partial charge in [-0.25, -0.2) is 13.2 Å². The lowest BCUT2D eigenvalue weighted by molar-refractivity contribution is 0.0734. The standard InChI is InChI=1S/C21H23NO6S/c1-15-6-7-16(12-20(15)29(24,25)22-10-4-2-3-5-11-22)21(23)28-17-8-9-18-19(13-17)27-14-26-18/h6-9,12-13H,2-5,10-11,14H2,1H3. The summed E-state index contributed by atoms with van der Waals surface area (Å²) in [7, 11) is -3.66. The van der Waals surface area contributed by atoms with Crippen LogP contribution in [0, 0.1) is 6.92 Å². The van der Waals surface area contributed by atoms with Crippen molar-refractivity contribution < 1.29 is 27.4 Å². The molecule has 0 aromatic heterocycles. The molecule has 29 heavy (non-hydrogen) atoms. The molecule has 2 aromatic rings. The van der Waals surface area contributed by atoms with Crippen LogP contribution in [-0.4, -0.2) is 38.6 Å². The molecule has 0 N–H and O–H groups in total. The maximum absolute atomic E-state index is 13.2. The Morgan fingerprint density at radius 2 is 1.69 bits per heavy atom. The van der Waals surface area contributed by atoms with Gasteiger partial charge in [0, 0.05) is 19.2 Å². The first-order valence-corrected chi connectivity index (χ1v) is 11.1. The minimum absolute atomic E-state index is 0.127. The van der Waals surface area contributed by atoms with E-state index in [1.807, 2.05) is 0 Å². The molecule has 0 amide bonds. The predicted molar refractivity (Wildman–Crippen MR) is 106 cm³/mol. The van der Waals surface area contributed by atoms with Crippen molar-refractivity contribution >= 4 is 16.0 Å². The second kappa shape index (κ2) is 8.04. The van der Waals surface area contributed by atoms with Crippen LogP contribution in [0.5, 0.6) is 17.2 Å². The summed E-state index contributed by atoms with van der Waals surface area (Å²) < 4.78 is 43.8. The van der Waals surface area contributed by atoms with E-state index in [4.69, 9.17) is 14.2 Å². The molecule has 0 atom stereocenters. The summed E-state index contributed by atoms with van der Waals surface area (Å²) in [5, 5.41) is 0. The topological polar surface area (TPSA) is 82.1 Å². The summed E-state index contributed by atoms with van der Waals surface area (Å²) in [4.78, 5) is 12.8. The van der Waals surface area contributed by atoms with Crippen molar-refractivity contribution in [1.82, 2.24) is 4.31 Å². The summed E-state index contributed by atoms with van der Waals surface area (Å²) in [5.41, 5.74) is 0.788. The van der Waals surface area contributed by atoms with E-state index in [1.165, 1.54) is 10.4 Å². The average Bonchev–Trinajstić information content (AvgIpc) is 2.98. The Labute approximate surface area is 170 Å². The Bertz CT molecular complexity index is 1030. The van der Waals surface area contributed by atoms with Crippen LogP contribution in [0.15, 0.2) is 41.3 Å². The fourth-order valence-corrected chi connectivity index (χ4v) is 5.30. The van der Waals surface area contributed by atoms with Gasteiger partial charge in [-0.1, -0.05) is 18.9 Å². The molecular formula is C21H23NO6S. The van der Waals surface area contributed by atoms with Crippen LogP contribution >= 0.6 is 0 Å². The number of fused-ring (bicyclic) bond motifs is 1. The molecule has 1 fully saturated rings. The second-order valence-corrected chi connectivity index (χ2v) is 9.11. The minimum atomic E-state index is -3.66. The smallest absolute Gasteiger partial charge is 0.343 e. The maximum Gasteiger partial charge on any atom is 0.343 e. The van der Waals surface area contributed by atoms with Gasteiger partial charge in [-0.2, -0.15) is 4.31 Å². The predicted octanol–water partition coefficient (Wildman–Crippen LogP) is 3.51. The zero-order chi connectivity index (χ0) is 20.4. The number of ether oxygens (including phenoxy) is 3. The first-order chi connectivity index (χ1) is 13.9.